The van der Waals surface area contributed by atoms with Crippen molar-refractivity contribution in [3.63, 3.8) is 0 Å². The van der Waals surface area contributed by atoms with Gasteiger partial charge < -0.3 is 15.2 Å². The van der Waals surface area contributed by atoms with Gasteiger partial charge in [0.05, 0.1) is 35.7 Å². The summed E-state index contributed by atoms with van der Waals surface area (Å²) >= 11 is 0. The van der Waals surface area contributed by atoms with Crippen molar-refractivity contribution in [1.82, 2.24) is 19.6 Å². The molecule has 3 aromatic rings. The number of phosphoric acid groups is 1. The third-order valence-electron chi connectivity index (χ3n) is 6.12. The first-order valence-electron chi connectivity index (χ1n) is 12.2. The van der Waals surface area contributed by atoms with E-state index in [0.717, 1.165) is 19.4 Å². The van der Waals surface area contributed by atoms with Crippen molar-refractivity contribution in [1.29, 1.82) is 0 Å². The van der Waals surface area contributed by atoms with E-state index in [4.69, 9.17) is 15.2 Å². The molecule has 0 amide bonds. The third kappa shape index (κ3) is 6.50. The molecule has 0 bridgehead atoms. The largest absolute Gasteiger partial charge is 0.532 e. The lowest BCUT2D eigenvalue weighted by Crippen LogP contribution is -2.25. The van der Waals surface area contributed by atoms with E-state index in [1.54, 1.807) is 12.1 Å². The van der Waals surface area contributed by atoms with Crippen LogP contribution in [-0.4, -0.2) is 52.1 Å². The summed E-state index contributed by atoms with van der Waals surface area (Å²) in [5.41, 5.74) is 5.96. The summed E-state index contributed by atoms with van der Waals surface area (Å²) in [5, 5.41) is 3.97. The maximum absolute atomic E-state index is 13.9. The molecule has 0 radical (unpaired) electrons. The second-order valence-electron chi connectivity index (χ2n) is 8.53. The number of nitrogens with two attached hydrogens (primary N) is 1. The van der Waals surface area contributed by atoms with E-state index in [1.807, 2.05) is 13.8 Å². The van der Waals surface area contributed by atoms with Crippen LogP contribution in [0.1, 0.15) is 45.1 Å². The zero-order valence-corrected chi connectivity index (χ0v) is 21.8. The molecular weight excluding hydrogens is 530 g/mol. The van der Waals surface area contributed by atoms with Crippen molar-refractivity contribution in [2.45, 2.75) is 57.5 Å². The van der Waals surface area contributed by atoms with E-state index >= 15 is 0 Å². The maximum atomic E-state index is 13.9. The minimum Gasteiger partial charge on any atom is -0.379 e. The average molecular weight is 559 g/mol. The second kappa shape index (κ2) is 12.1. The van der Waals surface area contributed by atoms with Crippen LogP contribution in [0.15, 0.2) is 30.6 Å². The average Bonchev–Trinajstić information content (AvgIpc) is 3.86. The van der Waals surface area contributed by atoms with E-state index < -0.39 is 25.5 Å². The molecule has 11 nitrogen and oxygen atoms in total. The van der Waals surface area contributed by atoms with E-state index in [9.17, 15) is 17.7 Å². The highest BCUT2D eigenvalue weighted by molar-refractivity contribution is 7.52. The molecule has 3 fully saturated rings. The molecule has 0 spiro atoms. The van der Waals surface area contributed by atoms with Gasteiger partial charge in [-0.1, -0.05) is 19.9 Å². The standard InChI is InChI=1S/C15H12F3N5.C6H11O6P.C2H6/c16-9-5-11(23-12(9)7-21-14(19)22-23)10-2-1-8(6-20-10)15(3-4-15)13(17)18;7-13(11-12-13)10-5-9-6-2-1-3-8-4-6;1-2/h1-2,5-7,13H,3-4H2,(H2,19,22);6H,1-5H2;1-2H3. The van der Waals surface area contributed by atoms with Gasteiger partial charge in [0.25, 0.3) is 0 Å². The molecule has 2 N–H and O–H groups in total. The van der Waals surface area contributed by atoms with Gasteiger partial charge in [-0.2, -0.15) is 0 Å². The van der Waals surface area contributed by atoms with Crippen LogP contribution in [-0.2, 0) is 33.3 Å². The van der Waals surface area contributed by atoms with Crippen LogP contribution in [0.5, 0.6) is 0 Å². The number of anilines is 1. The summed E-state index contributed by atoms with van der Waals surface area (Å²) in [6, 6.07) is 4.48. The summed E-state index contributed by atoms with van der Waals surface area (Å²) in [6.45, 7) is 5.27. The molecule has 5 heterocycles. The minimum atomic E-state index is -3.15. The topological polar surface area (TPSA) is 139 Å². The lowest BCUT2D eigenvalue weighted by Gasteiger charge is -2.21. The van der Waals surface area contributed by atoms with Crippen molar-refractivity contribution in [3.05, 3.63) is 42.0 Å². The molecule has 15 heteroatoms. The molecular formula is C23H29F3N5O6P. The quantitative estimate of drug-likeness (QED) is 0.181. The summed E-state index contributed by atoms with van der Waals surface area (Å²) in [5.74, 6) is -0.502. The Morgan fingerprint density at radius 1 is 1.24 bits per heavy atom. The highest BCUT2D eigenvalue weighted by atomic mass is 31.2. The summed E-state index contributed by atoms with van der Waals surface area (Å²) in [7, 11) is -3.15. The number of alkyl halides is 2. The van der Waals surface area contributed by atoms with Gasteiger partial charge in [-0.05, 0) is 37.3 Å². The van der Waals surface area contributed by atoms with Gasteiger partial charge in [0.1, 0.15) is 5.52 Å². The molecule has 1 aliphatic carbocycles. The molecule has 1 saturated carbocycles. The Bertz CT molecular complexity index is 1260. The van der Waals surface area contributed by atoms with Crippen molar-refractivity contribution < 1.29 is 41.1 Å². The zero-order chi connectivity index (χ0) is 27.3. The zero-order valence-electron chi connectivity index (χ0n) is 20.9. The molecule has 3 aliphatic rings. The monoisotopic (exact) mass is 559 g/mol. The highest BCUT2D eigenvalue weighted by Gasteiger charge is 2.52. The first kappa shape index (κ1) is 28.4. The molecule has 6 rings (SSSR count). The predicted octanol–water partition coefficient (Wildman–Crippen LogP) is 5.06. The van der Waals surface area contributed by atoms with Crippen molar-refractivity contribution in [3.8, 4) is 11.4 Å². The first-order valence-corrected chi connectivity index (χ1v) is 13.6. The first-order chi connectivity index (χ1) is 18.3. The van der Waals surface area contributed by atoms with Gasteiger partial charge in [-0.25, -0.2) is 27.2 Å². The number of nitrogens with zero attached hydrogens (tertiary/aromatic N) is 4. The lowest BCUT2D eigenvalue weighted by molar-refractivity contribution is -0.0931. The smallest absolute Gasteiger partial charge is 0.379 e. The summed E-state index contributed by atoms with van der Waals surface area (Å²) in [6.07, 6.45) is 3.16. The summed E-state index contributed by atoms with van der Waals surface area (Å²) < 4.78 is 75.6. The minimum absolute atomic E-state index is 0.000559. The molecule has 3 aromatic heterocycles. The van der Waals surface area contributed by atoms with E-state index in [0.29, 0.717) is 36.4 Å². The lowest BCUT2D eigenvalue weighted by atomic mass is 9.98. The fourth-order valence-corrected chi connectivity index (χ4v) is 4.35. The molecule has 1 unspecified atom stereocenters. The Morgan fingerprint density at radius 2 is 2.00 bits per heavy atom. The molecule has 38 heavy (non-hydrogen) atoms. The number of aromatic nitrogens is 4. The number of halogens is 3. The van der Waals surface area contributed by atoms with Gasteiger partial charge in [0.2, 0.25) is 12.4 Å². The fourth-order valence-electron chi connectivity index (χ4n) is 3.86. The van der Waals surface area contributed by atoms with Crippen molar-refractivity contribution in [2.24, 2.45) is 0 Å². The van der Waals surface area contributed by atoms with Crippen LogP contribution in [0, 0.1) is 5.82 Å². The third-order valence-corrected chi connectivity index (χ3v) is 6.94. The summed E-state index contributed by atoms with van der Waals surface area (Å²) in [4.78, 5) is 7.96. The van der Waals surface area contributed by atoms with E-state index in [-0.39, 0.29) is 24.4 Å². The fraction of sp³-hybridized carbons (Fsp3) is 0.522. The van der Waals surface area contributed by atoms with Gasteiger partial charge >= 0.3 is 7.82 Å². The maximum Gasteiger partial charge on any atom is 0.532 e. The number of fused-ring (bicyclic) bond motifs is 1. The number of hydrogen-bond donors (Lipinski definition) is 1. The van der Waals surface area contributed by atoms with Crippen LogP contribution >= 0.6 is 7.82 Å². The Labute approximate surface area is 216 Å². The molecule has 0 aromatic carbocycles. The molecule has 2 saturated heterocycles. The van der Waals surface area contributed by atoms with Crippen LogP contribution in [0.2, 0.25) is 0 Å². The predicted molar refractivity (Wildman–Crippen MR) is 130 cm³/mol. The van der Waals surface area contributed by atoms with Gasteiger partial charge in [0, 0.05) is 18.9 Å². The number of hydrogen-bond acceptors (Lipinski definition) is 10. The second-order valence-corrected chi connectivity index (χ2v) is 9.98. The molecule has 2 aliphatic heterocycles. The number of nitrogen functional groups attached to an aromatic ring is 1. The number of ether oxygens (including phenoxy) is 2. The number of rotatable bonds is 7. The Hall–Kier alpha value is -2.61. The van der Waals surface area contributed by atoms with Gasteiger partial charge in [-0.3, -0.25) is 9.51 Å². The Balaban J connectivity index is 0.000000190. The van der Waals surface area contributed by atoms with Crippen LogP contribution in [0.3, 0.4) is 0 Å². The van der Waals surface area contributed by atoms with E-state index in [1.165, 1.54) is 23.0 Å². The van der Waals surface area contributed by atoms with Crippen molar-refractivity contribution in [2.75, 3.05) is 25.7 Å². The Morgan fingerprint density at radius 3 is 2.58 bits per heavy atom. The van der Waals surface area contributed by atoms with Crippen LogP contribution in [0.25, 0.3) is 16.9 Å². The van der Waals surface area contributed by atoms with E-state index in [2.05, 4.69) is 28.9 Å². The van der Waals surface area contributed by atoms with Crippen LogP contribution < -0.4 is 5.73 Å². The SMILES string of the molecule is CC.Nc1ncc2c(F)cc(-c3ccc(C4(C(F)F)CC4)cn3)n2n1.O=P1(OCOC2CCCOC2)OO1. The van der Waals surface area contributed by atoms with Gasteiger partial charge in [0.15, 0.2) is 12.6 Å². The highest BCUT2D eigenvalue weighted by Crippen LogP contribution is 2.65. The van der Waals surface area contributed by atoms with Crippen LogP contribution in [0.4, 0.5) is 19.1 Å². The number of pyridine rings is 1. The molecule has 1 atom stereocenters. The molecule has 208 valence electrons. The van der Waals surface area contributed by atoms with Crippen molar-refractivity contribution >= 4 is 19.3 Å². The normalized spacial score (nSPS) is 20.7. The van der Waals surface area contributed by atoms with Gasteiger partial charge in [-0.15, -0.1) is 14.4 Å². The Kier molecular flexibility index (Phi) is 9.01.